The molecule has 1 saturated heterocycles. The molecule has 1 aliphatic carbocycles. The Morgan fingerprint density at radius 3 is 2.76 bits per heavy atom. The topological polar surface area (TPSA) is 98.1 Å². The molecule has 4 heterocycles. The van der Waals surface area contributed by atoms with E-state index >= 15 is 0 Å². The highest BCUT2D eigenvalue weighted by Crippen LogP contribution is 2.54. The van der Waals surface area contributed by atoms with Crippen LogP contribution in [0.25, 0.3) is 11.4 Å². The molecule has 2 atom stereocenters. The number of hydrogen-bond donors (Lipinski definition) is 1. The van der Waals surface area contributed by atoms with Crippen LogP contribution in [-0.4, -0.2) is 61.8 Å². The summed E-state index contributed by atoms with van der Waals surface area (Å²) >= 11 is 6.36. The molecule has 1 N–H and O–H groups in total. The molecule has 1 aliphatic heterocycles. The molecule has 10 heteroatoms. The summed E-state index contributed by atoms with van der Waals surface area (Å²) in [6.07, 6.45) is 5.41. The third-order valence-corrected chi connectivity index (χ3v) is 7.32. The van der Waals surface area contributed by atoms with Gasteiger partial charge < -0.3 is 15.0 Å². The van der Waals surface area contributed by atoms with Gasteiger partial charge in [-0.15, -0.1) is 0 Å². The highest BCUT2D eigenvalue weighted by Gasteiger charge is 2.56. The highest BCUT2D eigenvalue weighted by atomic mass is 35.5. The molecule has 1 saturated carbocycles. The van der Waals surface area contributed by atoms with E-state index < -0.39 is 0 Å². The van der Waals surface area contributed by atoms with Crippen LogP contribution in [0.5, 0.6) is 5.88 Å². The maximum Gasteiger partial charge on any atom is 0.229 e. The lowest BCUT2D eigenvalue weighted by atomic mass is 10.0. The number of pyridine rings is 2. The van der Waals surface area contributed by atoms with E-state index in [1.54, 1.807) is 24.2 Å². The van der Waals surface area contributed by atoms with E-state index in [1.165, 1.54) is 6.20 Å². The number of nitrogens with one attached hydrogen (secondary N) is 1. The number of anilines is 1. The molecule has 0 aromatic carbocycles. The first kappa shape index (κ1) is 22.6. The molecule has 3 aromatic heterocycles. The Morgan fingerprint density at radius 2 is 2.12 bits per heavy atom. The van der Waals surface area contributed by atoms with Crippen LogP contribution in [0.4, 0.5) is 5.82 Å². The van der Waals surface area contributed by atoms with Gasteiger partial charge in [0.05, 0.1) is 29.8 Å². The van der Waals surface area contributed by atoms with Gasteiger partial charge in [-0.05, 0) is 44.4 Å². The number of methoxy groups -OCH3 is 1. The molecular weight excluding hydrogens is 454 g/mol. The lowest BCUT2D eigenvalue weighted by Gasteiger charge is -2.22. The lowest BCUT2D eigenvalue weighted by Crippen LogP contribution is -2.34. The largest absolute Gasteiger partial charge is 0.481 e. The minimum atomic E-state index is -0.385. The first-order valence-electron chi connectivity index (χ1n) is 11.4. The summed E-state index contributed by atoms with van der Waals surface area (Å²) in [5.74, 6) is 1.59. The van der Waals surface area contributed by atoms with Crippen LogP contribution >= 0.6 is 11.6 Å². The Balaban J connectivity index is 1.31. The van der Waals surface area contributed by atoms with Gasteiger partial charge in [0.25, 0.3) is 0 Å². The van der Waals surface area contributed by atoms with Crippen molar-refractivity contribution in [2.75, 3.05) is 25.5 Å². The monoisotopic (exact) mass is 481 g/mol. The van der Waals surface area contributed by atoms with Crippen LogP contribution in [0.1, 0.15) is 36.9 Å². The Kier molecular flexibility index (Phi) is 5.67. The Bertz CT molecular complexity index is 1240. The number of rotatable bonds is 6. The number of amides is 1. The number of aryl methyl sites for hydroxylation is 2. The zero-order valence-electron chi connectivity index (χ0n) is 19.7. The number of carbonyl (C=O) groups is 1. The Hall–Kier alpha value is -3.20. The minimum absolute atomic E-state index is 0.0615. The van der Waals surface area contributed by atoms with Crippen molar-refractivity contribution in [3.8, 4) is 17.3 Å². The van der Waals surface area contributed by atoms with Crippen LogP contribution in [0.3, 0.4) is 0 Å². The summed E-state index contributed by atoms with van der Waals surface area (Å²) in [5, 5.41) is 8.45. The molecule has 0 radical (unpaired) electrons. The molecule has 2 aliphatic rings. The van der Waals surface area contributed by atoms with E-state index in [0.29, 0.717) is 23.3 Å². The van der Waals surface area contributed by atoms with Crippen LogP contribution < -0.4 is 10.1 Å². The van der Waals surface area contributed by atoms with Gasteiger partial charge in [-0.1, -0.05) is 11.6 Å². The van der Waals surface area contributed by atoms with Crippen molar-refractivity contribution in [2.24, 2.45) is 12.5 Å². The Labute approximate surface area is 203 Å². The molecule has 34 heavy (non-hydrogen) atoms. The number of halogens is 1. The normalized spacial score (nSPS) is 19.3. The van der Waals surface area contributed by atoms with Gasteiger partial charge in [-0.3, -0.25) is 9.48 Å². The van der Waals surface area contributed by atoms with Crippen molar-refractivity contribution in [1.82, 2.24) is 29.6 Å². The van der Waals surface area contributed by atoms with Crippen molar-refractivity contribution in [3.63, 3.8) is 0 Å². The molecule has 3 aromatic rings. The van der Waals surface area contributed by atoms with Crippen molar-refractivity contribution in [3.05, 3.63) is 47.0 Å². The van der Waals surface area contributed by atoms with Gasteiger partial charge in [0.2, 0.25) is 11.8 Å². The summed E-state index contributed by atoms with van der Waals surface area (Å²) < 4.78 is 6.90. The predicted octanol–water partition coefficient (Wildman–Crippen LogP) is 3.45. The molecule has 2 fully saturated rings. The summed E-state index contributed by atoms with van der Waals surface area (Å²) in [6, 6.07) is 5.86. The number of carbonyl (C=O) groups excluding carboxylic acids is 1. The molecular formula is C24H28ClN7O2. The van der Waals surface area contributed by atoms with Crippen molar-refractivity contribution < 1.29 is 9.53 Å². The van der Waals surface area contributed by atoms with Crippen molar-refractivity contribution in [1.29, 1.82) is 0 Å². The van der Waals surface area contributed by atoms with Crippen LogP contribution in [0, 0.1) is 12.3 Å². The maximum atomic E-state index is 13.4. The first-order valence-corrected chi connectivity index (χ1v) is 11.8. The first-order chi connectivity index (χ1) is 16.3. The molecule has 1 amide bonds. The Morgan fingerprint density at radius 1 is 1.32 bits per heavy atom. The quantitative estimate of drug-likeness (QED) is 0.575. The third kappa shape index (κ3) is 4.09. The average Bonchev–Trinajstić information content (AvgIpc) is 3.34. The van der Waals surface area contributed by atoms with E-state index in [0.717, 1.165) is 42.0 Å². The number of ether oxygens (including phenoxy) is 1. The van der Waals surface area contributed by atoms with Gasteiger partial charge >= 0.3 is 0 Å². The van der Waals surface area contributed by atoms with Crippen molar-refractivity contribution >= 4 is 23.3 Å². The number of nitrogens with zero attached hydrogens (tertiary/aromatic N) is 6. The fourth-order valence-electron chi connectivity index (χ4n) is 4.81. The van der Waals surface area contributed by atoms with Gasteiger partial charge in [-0.2, -0.15) is 5.10 Å². The predicted molar refractivity (Wildman–Crippen MR) is 129 cm³/mol. The zero-order valence-corrected chi connectivity index (χ0v) is 20.5. The fourth-order valence-corrected chi connectivity index (χ4v) is 5.07. The maximum absolute atomic E-state index is 13.4. The van der Waals surface area contributed by atoms with Crippen LogP contribution in [0.2, 0.25) is 5.02 Å². The second kappa shape index (κ2) is 8.54. The average molecular weight is 482 g/mol. The molecule has 9 nitrogen and oxygen atoms in total. The smallest absolute Gasteiger partial charge is 0.229 e. The molecule has 0 bridgehead atoms. The molecule has 1 spiro atoms. The summed E-state index contributed by atoms with van der Waals surface area (Å²) in [7, 11) is 3.40. The van der Waals surface area contributed by atoms with Crippen LogP contribution in [0.15, 0.2) is 30.7 Å². The fraction of sp³-hybridized carbons (Fsp3) is 0.458. The molecule has 5 rings (SSSR count). The minimum Gasteiger partial charge on any atom is -0.481 e. The van der Waals surface area contributed by atoms with E-state index in [1.807, 2.05) is 37.9 Å². The van der Waals surface area contributed by atoms with E-state index in [2.05, 4.69) is 20.4 Å². The standard InChI is InChI=1S/C24H28ClN7O2/c1-14(17-9-21(34-4)26-10-18(17)25)23(33)32-11-19(24(12-32)7-8-24)29-20-6-5-16(15(2)28-20)22-27-13-31(3)30-22/h5-6,9-10,13-14,19H,7-8,11-12H2,1-4H3,(H,28,29)/t14-,19-/m1/s1. The second-order valence-electron chi connectivity index (χ2n) is 9.32. The van der Waals surface area contributed by atoms with Crippen LogP contribution in [-0.2, 0) is 11.8 Å². The third-order valence-electron chi connectivity index (χ3n) is 7.01. The second-order valence-corrected chi connectivity index (χ2v) is 9.73. The lowest BCUT2D eigenvalue weighted by molar-refractivity contribution is -0.131. The highest BCUT2D eigenvalue weighted by molar-refractivity contribution is 6.31. The zero-order chi connectivity index (χ0) is 24.0. The van der Waals surface area contributed by atoms with E-state index in [4.69, 9.17) is 21.3 Å². The number of hydrogen-bond acceptors (Lipinski definition) is 7. The van der Waals surface area contributed by atoms with Crippen molar-refractivity contribution in [2.45, 2.75) is 38.6 Å². The number of aromatic nitrogens is 5. The summed E-state index contributed by atoms with van der Waals surface area (Å²) in [5.41, 5.74) is 2.61. The summed E-state index contributed by atoms with van der Waals surface area (Å²) in [6.45, 7) is 5.22. The SMILES string of the molecule is COc1cc([C@@H](C)C(=O)N2C[C@@H](Nc3ccc(-c4ncn(C)n4)c(C)n3)C3(CC3)C2)c(Cl)cn1. The van der Waals surface area contributed by atoms with Gasteiger partial charge in [-0.25, -0.2) is 15.0 Å². The van der Waals surface area contributed by atoms with E-state index in [-0.39, 0.29) is 23.3 Å². The molecule has 0 unspecified atom stereocenters. The molecule has 178 valence electrons. The van der Waals surface area contributed by atoms with E-state index in [9.17, 15) is 4.79 Å². The number of likely N-dealkylation sites (tertiary alicyclic amines) is 1. The van der Waals surface area contributed by atoms with Gasteiger partial charge in [0, 0.05) is 43.4 Å². The van der Waals surface area contributed by atoms with Gasteiger partial charge in [0.15, 0.2) is 5.82 Å². The van der Waals surface area contributed by atoms with Gasteiger partial charge in [0.1, 0.15) is 12.1 Å². The summed E-state index contributed by atoms with van der Waals surface area (Å²) in [4.78, 5) is 28.6.